The monoisotopic (exact) mass is 328 g/mol. The molecule has 1 amide bonds. The minimum Gasteiger partial charge on any atom is -0.380 e. The van der Waals surface area contributed by atoms with Crippen molar-refractivity contribution >= 4 is 24.1 Å². The fourth-order valence-electron chi connectivity index (χ4n) is 2.36. The quantitative estimate of drug-likeness (QED) is 0.628. The highest BCUT2D eigenvalue weighted by Crippen LogP contribution is 2.24. The van der Waals surface area contributed by atoms with E-state index in [4.69, 9.17) is 0 Å². The van der Waals surface area contributed by atoms with Gasteiger partial charge in [-0.05, 0) is 25.0 Å². The molecule has 0 aromatic carbocycles. The van der Waals surface area contributed by atoms with Crippen LogP contribution in [0.3, 0.4) is 0 Å². The lowest BCUT2D eigenvalue weighted by molar-refractivity contribution is -0.135. The SMILES string of the molecule is CCCCCC(O)(CCCCC)C(=O)Nc1ccccn1.Cl. The molecule has 0 saturated heterocycles. The molecule has 0 atom stereocenters. The second kappa shape index (κ2) is 11.4. The van der Waals surface area contributed by atoms with E-state index in [0.717, 1.165) is 38.5 Å². The molecule has 0 radical (unpaired) electrons. The molecule has 0 unspecified atom stereocenters. The Morgan fingerprint density at radius 1 is 1.14 bits per heavy atom. The predicted octanol–water partition coefficient (Wildman–Crippen LogP) is 4.33. The number of pyridine rings is 1. The molecule has 1 rings (SSSR count). The molecule has 22 heavy (non-hydrogen) atoms. The Balaban J connectivity index is 0.00000441. The van der Waals surface area contributed by atoms with Crippen molar-refractivity contribution in [1.82, 2.24) is 4.98 Å². The fraction of sp³-hybridized carbons (Fsp3) is 0.647. The number of rotatable bonds is 10. The van der Waals surface area contributed by atoms with Gasteiger partial charge in [0.25, 0.3) is 5.91 Å². The summed E-state index contributed by atoms with van der Waals surface area (Å²) in [6.45, 7) is 4.23. The first kappa shape index (κ1) is 20.9. The van der Waals surface area contributed by atoms with E-state index in [-0.39, 0.29) is 18.3 Å². The number of amides is 1. The van der Waals surface area contributed by atoms with E-state index in [0.29, 0.717) is 18.7 Å². The molecule has 0 bridgehead atoms. The number of hydrogen-bond acceptors (Lipinski definition) is 3. The van der Waals surface area contributed by atoms with Crippen molar-refractivity contribution in [2.24, 2.45) is 0 Å². The van der Waals surface area contributed by atoms with Gasteiger partial charge in [-0.3, -0.25) is 4.79 Å². The van der Waals surface area contributed by atoms with Gasteiger partial charge in [0, 0.05) is 6.20 Å². The highest BCUT2D eigenvalue weighted by molar-refractivity contribution is 5.96. The Morgan fingerprint density at radius 2 is 1.73 bits per heavy atom. The molecule has 0 aliphatic carbocycles. The van der Waals surface area contributed by atoms with Gasteiger partial charge in [-0.25, -0.2) is 4.98 Å². The third kappa shape index (κ3) is 7.23. The summed E-state index contributed by atoms with van der Waals surface area (Å²) < 4.78 is 0. The van der Waals surface area contributed by atoms with Crippen LogP contribution in [0.1, 0.15) is 65.2 Å². The number of nitrogens with one attached hydrogen (secondary N) is 1. The largest absolute Gasteiger partial charge is 0.380 e. The summed E-state index contributed by atoms with van der Waals surface area (Å²) in [5.74, 6) is 0.167. The maximum Gasteiger partial charge on any atom is 0.257 e. The molecule has 1 heterocycles. The molecule has 1 aromatic heterocycles. The maximum atomic E-state index is 12.4. The lowest BCUT2D eigenvalue weighted by Gasteiger charge is -2.27. The molecule has 1 aromatic rings. The van der Waals surface area contributed by atoms with Gasteiger partial charge in [0.05, 0.1) is 0 Å². The Morgan fingerprint density at radius 3 is 2.18 bits per heavy atom. The third-order valence-corrected chi connectivity index (χ3v) is 3.72. The summed E-state index contributed by atoms with van der Waals surface area (Å²) in [6.07, 6.45) is 8.62. The van der Waals surface area contributed by atoms with E-state index in [2.05, 4.69) is 24.1 Å². The Bertz CT molecular complexity index is 402. The van der Waals surface area contributed by atoms with Crippen LogP contribution in [0.2, 0.25) is 0 Å². The zero-order valence-electron chi connectivity index (χ0n) is 13.7. The Labute approximate surface area is 140 Å². The van der Waals surface area contributed by atoms with Crippen LogP contribution in [-0.2, 0) is 4.79 Å². The average molecular weight is 329 g/mol. The number of anilines is 1. The van der Waals surface area contributed by atoms with Crippen LogP contribution in [0.5, 0.6) is 0 Å². The highest BCUT2D eigenvalue weighted by atomic mass is 35.5. The van der Waals surface area contributed by atoms with Gasteiger partial charge >= 0.3 is 0 Å². The third-order valence-electron chi connectivity index (χ3n) is 3.72. The Hall–Kier alpha value is -1.13. The van der Waals surface area contributed by atoms with Crippen LogP contribution in [-0.4, -0.2) is 21.6 Å². The van der Waals surface area contributed by atoms with E-state index in [1.165, 1.54) is 0 Å². The number of halogens is 1. The van der Waals surface area contributed by atoms with Crippen LogP contribution >= 0.6 is 12.4 Å². The summed E-state index contributed by atoms with van der Waals surface area (Å²) in [5.41, 5.74) is -1.28. The maximum absolute atomic E-state index is 12.4. The molecule has 0 fully saturated rings. The van der Waals surface area contributed by atoms with Crippen molar-refractivity contribution in [2.45, 2.75) is 70.8 Å². The topological polar surface area (TPSA) is 62.2 Å². The molecular weight excluding hydrogens is 300 g/mol. The number of nitrogens with zero attached hydrogens (tertiary/aromatic N) is 1. The highest BCUT2D eigenvalue weighted by Gasteiger charge is 2.34. The number of hydrogen-bond donors (Lipinski definition) is 2. The summed E-state index contributed by atoms with van der Waals surface area (Å²) in [4.78, 5) is 16.5. The minimum absolute atomic E-state index is 0. The van der Waals surface area contributed by atoms with Gasteiger partial charge in [-0.1, -0.05) is 58.4 Å². The summed E-state index contributed by atoms with van der Waals surface area (Å²) in [5, 5.41) is 13.5. The molecule has 0 aliphatic heterocycles. The average Bonchev–Trinajstić information content (AvgIpc) is 2.49. The van der Waals surface area contributed by atoms with Crippen molar-refractivity contribution in [1.29, 1.82) is 0 Å². The summed E-state index contributed by atoms with van der Waals surface area (Å²) in [7, 11) is 0. The first-order valence-corrected chi connectivity index (χ1v) is 8.07. The fourth-order valence-corrected chi connectivity index (χ4v) is 2.36. The molecule has 4 nitrogen and oxygen atoms in total. The first-order valence-electron chi connectivity index (χ1n) is 8.07. The minimum atomic E-state index is -1.28. The van der Waals surface area contributed by atoms with Gasteiger partial charge < -0.3 is 10.4 Å². The van der Waals surface area contributed by atoms with Crippen LogP contribution in [0.15, 0.2) is 24.4 Å². The van der Waals surface area contributed by atoms with Crippen molar-refractivity contribution in [2.75, 3.05) is 5.32 Å². The van der Waals surface area contributed by atoms with Crippen molar-refractivity contribution in [3.8, 4) is 0 Å². The van der Waals surface area contributed by atoms with Crippen molar-refractivity contribution in [3.63, 3.8) is 0 Å². The second-order valence-electron chi connectivity index (χ2n) is 5.61. The van der Waals surface area contributed by atoms with Gasteiger partial charge in [-0.15, -0.1) is 12.4 Å². The van der Waals surface area contributed by atoms with E-state index in [1.54, 1.807) is 18.3 Å². The normalized spacial score (nSPS) is 10.9. The van der Waals surface area contributed by atoms with Gasteiger partial charge in [0.2, 0.25) is 0 Å². The predicted molar refractivity (Wildman–Crippen MR) is 93.3 cm³/mol. The lowest BCUT2D eigenvalue weighted by atomic mass is 9.89. The standard InChI is InChI=1S/C17H28N2O2.ClH/c1-3-5-8-12-17(21,13-9-6-4-2)16(20)19-15-11-7-10-14-18-15;/h7,10-11,14,21H,3-6,8-9,12-13H2,1-2H3,(H,18,19,20);1H. The van der Waals surface area contributed by atoms with E-state index >= 15 is 0 Å². The molecule has 2 N–H and O–H groups in total. The van der Waals surface area contributed by atoms with Crippen molar-refractivity contribution in [3.05, 3.63) is 24.4 Å². The van der Waals surface area contributed by atoms with E-state index in [9.17, 15) is 9.90 Å². The molecule has 0 aliphatic rings. The zero-order chi connectivity index (χ0) is 15.6. The number of aromatic nitrogens is 1. The number of carbonyl (C=O) groups excluding carboxylic acids is 1. The van der Waals surface area contributed by atoms with Crippen LogP contribution in [0.25, 0.3) is 0 Å². The van der Waals surface area contributed by atoms with Crippen molar-refractivity contribution < 1.29 is 9.90 Å². The smallest absolute Gasteiger partial charge is 0.257 e. The van der Waals surface area contributed by atoms with Crippen LogP contribution < -0.4 is 5.32 Å². The van der Waals surface area contributed by atoms with Gasteiger partial charge in [0.15, 0.2) is 0 Å². The molecule has 126 valence electrons. The van der Waals surface area contributed by atoms with E-state index in [1.807, 2.05) is 6.07 Å². The number of unbranched alkanes of at least 4 members (excludes halogenated alkanes) is 4. The zero-order valence-corrected chi connectivity index (χ0v) is 14.5. The summed E-state index contributed by atoms with van der Waals surface area (Å²) in [6, 6.07) is 5.34. The van der Waals surface area contributed by atoms with Gasteiger partial charge in [-0.2, -0.15) is 0 Å². The number of carbonyl (C=O) groups is 1. The first-order chi connectivity index (χ1) is 10.1. The Kier molecular flexibility index (Phi) is 10.9. The lowest BCUT2D eigenvalue weighted by Crippen LogP contribution is -2.43. The van der Waals surface area contributed by atoms with Gasteiger partial charge in [0.1, 0.15) is 11.4 Å². The summed E-state index contributed by atoms with van der Waals surface area (Å²) >= 11 is 0. The molecule has 0 saturated carbocycles. The second-order valence-corrected chi connectivity index (χ2v) is 5.61. The van der Waals surface area contributed by atoms with Crippen LogP contribution in [0, 0.1) is 0 Å². The van der Waals surface area contributed by atoms with E-state index < -0.39 is 5.60 Å². The van der Waals surface area contributed by atoms with Crippen LogP contribution in [0.4, 0.5) is 5.82 Å². The molecule has 5 heteroatoms. The molecule has 0 spiro atoms. The number of aliphatic hydroxyl groups is 1. The molecular formula is C17H29ClN2O2.